The Morgan fingerprint density at radius 3 is 1.04 bits per heavy atom. The molecule has 0 saturated carbocycles. The van der Waals surface area contributed by atoms with Gasteiger partial charge in [0.1, 0.15) is 0 Å². The van der Waals surface area contributed by atoms with Gasteiger partial charge in [0, 0.05) is 31.2 Å². The summed E-state index contributed by atoms with van der Waals surface area (Å²) >= 11 is 7.15. The lowest BCUT2D eigenvalue weighted by molar-refractivity contribution is 0.0978. The fraction of sp³-hybridized carbons (Fsp3) is 0.381. The van der Waals surface area contributed by atoms with Gasteiger partial charge in [-0.3, -0.25) is 9.59 Å². The van der Waals surface area contributed by atoms with E-state index >= 15 is 9.59 Å². The van der Waals surface area contributed by atoms with Crippen LogP contribution in [0.2, 0.25) is 48.4 Å². The van der Waals surface area contributed by atoms with E-state index in [1.54, 1.807) is 0 Å². The molecular weight excluding hydrogens is 752 g/mol. The topological polar surface area (TPSA) is 34.1 Å². The van der Waals surface area contributed by atoms with Gasteiger partial charge in [0.05, 0.1) is 16.1 Å². The van der Waals surface area contributed by atoms with Crippen molar-refractivity contribution < 1.29 is 9.59 Å². The Bertz CT molecular complexity index is 1640. The van der Waals surface area contributed by atoms with Crippen molar-refractivity contribution in [3.05, 3.63) is 115 Å². The molecule has 6 heteroatoms. The number of halogens is 2. The van der Waals surface area contributed by atoms with E-state index in [-0.39, 0.29) is 11.6 Å². The van der Waals surface area contributed by atoms with E-state index in [4.69, 9.17) is 0 Å². The van der Waals surface area contributed by atoms with Gasteiger partial charge in [0.25, 0.3) is 0 Å². The Hall–Kier alpha value is -2.39. The van der Waals surface area contributed by atoms with Crippen molar-refractivity contribution in [1.82, 2.24) is 0 Å². The maximum atomic E-state index is 15.3. The lowest BCUT2D eigenvalue weighted by atomic mass is 9.74. The summed E-state index contributed by atoms with van der Waals surface area (Å²) in [4.78, 5) is 30.6. The fourth-order valence-corrected chi connectivity index (χ4v) is 15.3. The molecule has 0 heterocycles. The molecule has 0 spiro atoms. The average molecular weight is 803 g/mol. The van der Waals surface area contributed by atoms with Gasteiger partial charge in [-0.15, -0.1) is 0 Å². The monoisotopic (exact) mass is 800 g/mol. The van der Waals surface area contributed by atoms with E-state index in [0.29, 0.717) is 22.3 Å². The molecule has 0 aliphatic heterocycles. The molecule has 0 N–H and O–H groups in total. The largest absolute Gasteiger partial charge is 0.289 e. The summed E-state index contributed by atoms with van der Waals surface area (Å²) in [5, 5.41) is 0. The highest BCUT2D eigenvalue weighted by Crippen LogP contribution is 2.43. The number of carbonyl (C=O) groups is 2. The number of rotatable bonds is 14. The molecule has 0 unspecified atom stereocenters. The predicted molar refractivity (Wildman–Crippen MR) is 217 cm³/mol. The van der Waals surface area contributed by atoms with E-state index in [1.807, 2.05) is 60.7 Å². The van der Waals surface area contributed by atoms with Crippen LogP contribution in [0.5, 0.6) is 0 Å². The second-order valence-electron chi connectivity index (χ2n) is 13.8. The lowest BCUT2D eigenvalue weighted by Gasteiger charge is -2.31. The number of benzene rings is 4. The third-order valence-electron chi connectivity index (χ3n) is 12.2. The van der Waals surface area contributed by atoms with Crippen LogP contribution in [0, 0.1) is 0 Å². The third-order valence-corrected chi connectivity index (χ3v) is 24.8. The average Bonchev–Trinajstić information content (AvgIpc) is 3.12. The Morgan fingerprint density at radius 2 is 0.750 bits per heavy atom. The SMILES string of the molecule is CC[Si](CC)(CC)CCc1ccc(CC[Si](CC)(CC)CC)c2c1C(=O)c1c(-c3ccc(Br)cc3)ccc(-c3ccc(Br)cc3)c1C2=O. The molecule has 4 aromatic rings. The van der Waals surface area contributed by atoms with Crippen LogP contribution >= 0.6 is 31.9 Å². The number of ketones is 2. The van der Waals surface area contributed by atoms with Crippen molar-refractivity contribution in [2.24, 2.45) is 0 Å². The molecule has 5 rings (SSSR count). The molecule has 0 bridgehead atoms. The molecule has 252 valence electrons. The molecule has 0 saturated heterocycles. The summed E-state index contributed by atoms with van der Waals surface area (Å²) in [7, 11) is -2.90. The van der Waals surface area contributed by atoms with Gasteiger partial charge >= 0.3 is 0 Å². The highest BCUT2D eigenvalue weighted by Gasteiger charge is 2.39. The minimum absolute atomic E-state index is 0.00933. The van der Waals surface area contributed by atoms with Gasteiger partial charge in [0.2, 0.25) is 0 Å². The Balaban J connectivity index is 1.76. The Morgan fingerprint density at radius 1 is 0.438 bits per heavy atom. The number of hydrogen-bond acceptors (Lipinski definition) is 2. The molecule has 0 atom stereocenters. The zero-order valence-corrected chi connectivity index (χ0v) is 34.7. The maximum absolute atomic E-state index is 15.3. The minimum Gasteiger partial charge on any atom is -0.289 e. The smallest absolute Gasteiger partial charge is 0.195 e. The standard InChI is InChI=1S/C42H50Br2O2Si2/c1-7-47(8-2,9-3)27-25-31-13-14-32(26-28-48(10-4,11-5)12-6)38-37(31)41(45)39-35(29-15-19-33(43)20-16-29)23-24-36(40(39)42(38)46)30-17-21-34(44)22-18-30/h13-24H,7-12,25-28H2,1-6H3. The molecule has 2 nitrogen and oxygen atoms in total. The Kier molecular flexibility index (Phi) is 12.0. The molecule has 0 aromatic heterocycles. The minimum atomic E-state index is -1.45. The molecular formula is C42H50Br2O2Si2. The van der Waals surface area contributed by atoms with Crippen molar-refractivity contribution >= 4 is 59.6 Å². The summed E-state index contributed by atoms with van der Waals surface area (Å²) in [6.07, 6.45) is 1.71. The number of carbonyl (C=O) groups excluding carboxylic acids is 2. The van der Waals surface area contributed by atoms with E-state index in [0.717, 1.165) is 67.3 Å². The van der Waals surface area contributed by atoms with Crippen molar-refractivity contribution in [3.63, 3.8) is 0 Å². The van der Waals surface area contributed by atoms with Crippen molar-refractivity contribution in [3.8, 4) is 22.3 Å². The molecule has 1 aliphatic rings. The van der Waals surface area contributed by atoms with Crippen LogP contribution in [0.25, 0.3) is 22.3 Å². The Labute approximate surface area is 307 Å². The first-order valence-corrected chi connectivity index (χ1v) is 25.3. The lowest BCUT2D eigenvalue weighted by Crippen LogP contribution is -2.33. The van der Waals surface area contributed by atoms with Gasteiger partial charge in [-0.25, -0.2) is 0 Å². The zero-order chi connectivity index (χ0) is 34.6. The first kappa shape index (κ1) is 36.9. The first-order chi connectivity index (χ1) is 23.1. The summed E-state index contributed by atoms with van der Waals surface area (Å²) in [6.45, 7) is 14.1. The summed E-state index contributed by atoms with van der Waals surface area (Å²) in [5.74, 6) is 0.0187. The van der Waals surface area contributed by atoms with Crippen LogP contribution in [0.15, 0.2) is 81.7 Å². The molecule has 0 amide bonds. The third kappa shape index (κ3) is 7.10. The van der Waals surface area contributed by atoms with Gasteiger partial charge in [0.15, 0.2) is 11.6 Å². The normalized spacial score (nSPS) is 13.1. The van der Waals surface area contributed by atoms with Crippen LogP contribution in [0.1, 0.15) is 84.5 Å². The summed E-state index contributed by atoms with van der Waals surface area (Å²) in [5.41, 5.74) is 8.13. The summed E-state index contributed by atoms with van der Waals surface area (Å²) in [6, 6.07) is 34.5. The highest BCUT2D eigenvalue weighted by atomic mass is 79.9. The van der Waals surface area contributed by atoms with Crippen LogP contribution < -0.4 is 0 Å². The van der Waals surface area contributed by atoms with E-state index in [1.165, 1.54) is 36.3 Å². The van der Waals surface area contributed by atoms with E-state index in [9.17, 15) is 0 Å². The van der Waals surface area contributed by atoms with Gasteiger partial charge in [-0.1, -0.05) is 170 Å². The fourth-order valence-electron chi connectivity index (χ4n) is 8.05. The second-order valence-corrected chi connectivity index (χ2v) is 26.9. The van der Waals surface area contributed by atoms with Gasteiger partial charge in [-0.2, -0.15) is 0 Å². The van der Waals surface area contributed by atoms with Crippen LogP contribution in [0.4, 0.5) is 0 Å². The second kappa shape index (κ2) is 15.7. The molecule has 0 radical (unpaired) electrons. The summed E-state index contributed by atoms with van der Waals surface area (Å²) < 4.78 is 1.96. The maximum Gasteiger partial charge on any atom is 0.195 e. The van der Waals surface area contributed by atoms with Crippen molar-refractivity contribution in [2.45, 2.75) is 103 Å². The van der Waals surface area contributed by atoms with E-state index < -0.39 is 16.1 Å². The number of aryl methyl sites for hydroxylation is 2. The molecule has 4 aromatic carbocycles. The zero-order valence-electron chi connectivity index (χ0n) is 29.6. The van der Waals surface area contributed by atoms with Gasteiger partial charge < -0.3 is 0 Å². The van der Waals surface area contributed by atoms with Crippen LogP contribution in [0.3, 0.4) is 0 Å². The number of hydrogen-bond donors (Lipinski definition) is 0. The predicted octanol–water partition coefficient (Wildman–Crippen LogP) is 13.4. The van der Waals surface area contributed by atoms with Crippen molar-refractivity contribution in [1.29, 1.82) is 0 Å². The molecule has 48 heavy (non-hydrogen) atoms. The molecule has 0 fully saturated rings. The number of fused-ring (bicyclic) bond motifs is 2. The van der Waals surface area contributed by atoms with Crippen LogP contribution in [-0.2, 0) is 12.8 Å². The van der Waals surface area contributed by atoms with Gasteiger partial charge in [-0.05, 0) is 70.5 Å². The van der Waals surface area contributed by atoms with E-state index in [2.05, 4.69) is 85.5 Å². The van der Waals surface area contributed by atoms with Crippen molar-refractivity contribution in [2.75, 3.05) is 0 Å². The quantitative estimate of drug-likeness (QED) is 0.105. The molecule has 1 aliphatic carbocycles. The first-order valence-electron chi connectivity index (χ1n) is 18.0. The highest BCUT2D eigenvalue weighted by molar-refractivity contribution is 9.10. The van der Waals surface area contributed by atoms with Crippen LogP contribution in [-0.4, -0.2) is 27.7 Å².